The molecule has 0 N–H and O–H groups in total. The van der Waals surface area contributed by atoms with Gasteiger partial charge in [-0.1, -0.05) is 12.1 Å². The zero-order chi connectivity index (χ0) is 19.0. The normalized spacial score (nSPS) is 11.9. The zero-order valence-corrected chi connectivity index (χ0v) is 14.4. The molecule has 0 aliphatic carbocycles. The number of alkyl halides is 3. The summed E-state index contributed by atoms with van der Waals surface area (Å²) >= 11 is 0. The summed E-state index contributed by atoms with van der Waals surface area (Å²) in [4.78, 5) is 7.98. The quantitative estimate of drug-likeness (QED) is 0.526. The number of fused-ring (bicyclic) bond motifs is 1. The van der Waals surface area contributed by atoms with Gasteiger partial charge in [0, 0.05) is 24.4 Å². The first-order valence-corrected chi connectivity index (χ1v) is 8.33. The van der Waals surface area contributed by atoms with Crippen molar-refractivity contribution in [2.45, 2.75) is 19.5 Å². The van der Waals surface area contributed by atoms with Crippen molar-refractivity contribution in [2.75, 3.05) is 0 Å². The number of aromatic nitrogens is 4. The average molecular weight is 368 g/mol. The van der Waals surface area contributed by atoms with Crippen LogP contribution in [0.3, 0.4) is 0 Å². The minimum absolute atomic E-state index is 0.373. The summed E-state index contributed by atoms with van der Waals surface area (Å²) < 4.78 is 39.9. The maximum absolute atomic E-state index is 12.7. The summed E-state index contributed by atoms with van der Waals surface area (Å²) in [5.74, 6) is 0. The SMILES string of the molecule is Cc1cnn2c(-c3cccnc3Cc3ccc(C(F)(F)F)nc3)cccc12. The van der Waals surface area contributed by atoms with Crippen LogP contribution in [0, 0.1) is 6.92 Å². The maximum atomic E-state index is 12.7. The van der Waals surface area contributed by atoms with Crippen molar-refractivity contribution in [2.24, 2.45) is 0 Å². The second-order valence-electron chi connectivity index (χ2n) is 6.26. The predicted octanol–water partition coefficient (Wildman–Crippen LogP) is 4.71. The van der Waals surface area contributed by atoms with Gasteiger partial charge in [0.1, 0.15) is 5.69 Å². The summed E-state index contributed by atoms with van der Waals surface area (Å²) in [6.45, 7) is 1.99. The Morgan fingerprint density at radius 2 is 1.81 bits per heavy atom. The van der Waals surface area contributed by atoms with Gasteiger partial charge in [-0.15, -0.1) is 0 Å². The highest BCUT2D eigenvalue weighted by Gasteiger charge is 2.32. The molecule has 136 valence electrons. The third kappa shape index (κ3) is 3.28. The van der Waals surface area contributed by atoms with E-state index in [-0.39, 0.29) is 0 Å². The van der Waals surface area contributed by atoms with Crippen LogP contribution in [-0.2, 0) is 12.6 Å². The fraction of sp³-hybridized carbons (Fsp3) is 0.150. The molecule has 4 heterocycles. The first-order valence-electron chi connectivity index (χ1n) is 8.33. The summed E-state index contributed by atoms with van der Waals surface area (Å²) in [5, 5.41) is 4.43. The molecule has 4 nitrogen and oxygen atoms in total. The van der Waals surface area contributed by atoms with Gasteiger partial charge in [-0.05, 0) is 48.4 Å². The van der Waals surface area contributed by atoms with Gasteiger partial charge in [0.15, 0.2) is 0 Å². The summed E-state index contributed by atoms with van der Waals surface area (Å²) in [6, 6.07) is 12.1. The lowest BCUT2D eigenvalue weighted by atomic mass is 10.0. The Bertz CT molecular complexity index is 1100. The first-order chi connectivity index (χ1) is 12.9. The molecule has 7 heteroatoms. The summed E-state index contributed by atoms with van der Waals surface area (Å²) in [7, 11) is 0. The number of pyridine rings is 3. The minimum atomic E-state index is -4.44. The molecule has 0 saturated heterocycles. The van der Waals surface area contributed by atoms with Crippen LogP contribution in [0.2, 0.25) is 0 Å². The molecular formula is C20H15F3N4. The molecule has 0 bridgehead atoms. The van der Waals surface area contributed by atoms with Crippen molar-refractivity contribution >= 4 is 5.52 Å². The number of rotatable bonds is 3. The van der Waals surface area contributed by atoms with Crippen LogP contribution in [0.4, 0.5) is 13.2 Å². The van der Waals surface area contributed by atoms with Gasteiger partial charge in [0.25, 0.3) is 0 Å². The first kappa shape index (κ1) is 17.2. The largest absolute Gasteiger partial charge is 0.433 e. The number of aryl methyl sites for hydroxylation is 1. The lowest BCUT2D eigenvalue weighted by Gasteiger charge is -2.11. The van der Waals surface area contributed by atoms with Crippen LogP contribution in [0.15, 0.2) is 61.1 Å². The Balaban J connectivity index is 1.73. The molecule has 0 saturated carbocycles. The van der Waals surface area contributed by atoms with E-state index in [1.165, 1.54) is 12.3 Å². The molecule has 0 amide bonds. The van der Waals surface area contributed by atoms with E-state index in [4.69, 9.17) is 0 Å². The van der Waals surface area contributed by atoms with E-state index < -0.39 is 11.9 Å². The highest BCUT2D eigenvalue weighted by molar-refractivity contribution is 5.68. The Kier molecular flexibility index (Phi) is 4.14. The standard InChI is InChI=1S/C20H15F3N4/c1-13-11-26-27-17(13)5-2-6-18(27)15-4-3-9-24-16(15)10-14-7-8-19(25-12-14)20(21,22)23/h2-9,11-12H,10H2,1H3. The summed E-state index contributed by atoms with van der Waals surface area (Å²) in [5.41, 5.74) is 4.33. The van der Waals surface area contributed by atoms with Crippen LogP contribution in [0.5, 0.6) is 0 Å². The molecule has 4 aromatic heterocycles. The van der Waals surface area contributed by atoms with Crippen molar-refractivity contribution in [3.8, 4) is 11.3 Å². The Labute approximate surface area is 153 Å². The van der Waals surface area contributed by atoms with E-state index in [0.717, 1.165) is 34.1 Å². The van der Waals surface area contributed by atoms with Crippen LogP contribution in [0.1, 0.15) is 22.5 Å². The van der Waals surface area contributed by atoms with Gasteiger partial charge in [-0.2, -0.15) is 18.3 Å². The average Bonchev–Trinajstić information content (AvgIpc) is 3.03. The lowest BCUT2D eigenvalue weighted by molar-refractivity contribution is -0.141. The minimum Gasteiger partial charge on any atom is -0.260 e. The third-order valence-corrected chi connectivity index (χ3v) is 4.39. The van der Waals surface area contributed by atoms with Gasteiger partial charge in [0.2, 0.25) is 0 Å². The number of hydrogen-bond acceptors (Lipinski definition) is 3. The van der Waals surface area contributed by atoms with Crippen LogP contribution < -0.4 is 0 Å². The molecule has 0 radical (unpaired) electrons. The Hall–Kier alpha value is -3.22. The smallest absolute Gasteiger partial charge is 0.260 e. The van der Waals surface area contributed by atoms with Crippen molar-refractivity contribution in [3.63, 3.8) is 0 Å². The monoisotopic (exact) mass is 368 g/mol. The Morgan fingerprint density at radius 1 is 0.963 bits per heavy atom. The van der Waals surface area contributed by atoms with Crippen LogP contribution in [-0.4, -0.2) is 19.6 Å². The molecule has 0 unspecified atom stereocenters. The molecule has 4 rings (SSSR count). The van der Waals surface area contributed by atoms with Gasteiger partial charge >= 0.3 is 6.18 Å². The predicted molar refractivity (Wildman–Crippen MR) is 95.2 cm³/mol. The number of nitrogens with zero attached hydrogens (tertiary/aromatic N) is 4. The molecule has 0 aliphatic rings. The summed E-state index contributed by atoms with van der Waals surface area (Å²) in [6.07, 6.45) is 0.652. The van der Waals surface area contributed by atoms with E-state index >= 15 is 0 Å². The van der Waals surface area contributed by atoms with Crippen molar-refractivity contribution < 1.29 is 13.2 Å². The van der Waals surface area contributed by atoms with E-state index in [9.17, 15) is 13.2 Å². The molecular weight excluding hydrogens is 353 g/mol. The maximum Gasteiger partial charge on any atom is 0.433 e. The molecule has 0 fully saturated rings. The van der Waals surface area contributed by atoms with E-state index in [1.807, 2.05) is 41.8 Å². The highest BCUT2D eigenvalue weighted by atomic mass is 19.4. The van der Waals surface area contributed by atoms with Gasteiger partial charge in [0.05, 0.1) is 23.1 Å². The molecule has 27 heavy (non-hydrogen) atoms. The molecule has 0 spiro atoms. The number of halogens is 3. The lowest BCUT2D eigenvalue weighted by Crippen LogP contribution is -2.08. The fourth-order valence-corrected chi connectivity index (χ4v) is 3.04. The topological polar surface area (TPSA) is 43.1 Å². The van der Waals surface area contributed by atoms with Crippen LogP contribution in [0.25, 0.3) is 16.8 Å². The van der Waals surface area contributed by atoms with Gasteiger partial charge in [-0.25, -0.2) is 4.52 Å². The fourth-order valence-electron chi connectivity index (χ4n) is 3.04. The third-order valence-electron chi connectivity index (χ3n) is 4.39. The molecule has 0 aliphatic heterocycles. The molecule has 0 atom stereocenters. The van der Waals surface area contributed by atoms with E-state index in [0.29, 0.717) is 12.0 Å². The van der Waals surface area contributed by atoms with E-state index in [1.54, 1.807) is 12.4 Å². The van der Waals surface area contributed by atoms with Crippen molar-refractivity contribution in [3.05, 3.63) is 83.6 Å². The van der Waals surface area contributed by atoms with E-state index in [2.05, 4.69) is 15.1 Å². The van der Waals surface area contributed by atoms with Crippen LogP contribution >= 0.6 is 0 Å². The zero-order valence-electron chi connectivity index (χ0n) is 14.4. The second-order valence-corrected chi connectivity index (χ2v) is 6.26. The number of hydrogen-bond donors (Lipinski definition) is 0. The highest BCUT2D eigenvalue weighted by Crippen LogP contribution is 2.29. The van der Waals surface area contributed by atoms with Gasteiger partial charge < -0.3 is 0 Å². The van der Waals surface area contributed by atoms with Crippen molar-refractivity contribution in [1.29, 1.82) is 0 Å². The molecule has 4 aromatic rings. The molecule has 0 aromatic carbocycles. The second kappa shape index (κ2) is 6.50. The Morgan fingerprint density at radius 3 is 2.56 bits per heavy atom. The van der Waals surface area contributed by atoms with Crippen molar-refractivity contribution in [1.82, 2.24) is 19.6 Å². The van der Waals surface area contributed by atoms with Gasteiger partial charge in [-0.3, -0.25) is 9.97 Å².